The summed E-state index contributed by atoms with van der Waals surface area (Å²) in [7, 11) is 2.22. The SMILES string of the molecule is CN1Cc2cc(-c3ccc4ncncc4c3)ccc2C(c2ccc3ccsc3c2)C1. The van der Waals surface area contributed by atoms with Crippen LogP contribution in [0.15, 0.2) is 78.6 Å². The van der Waals surface area contributed by atoms with Crippen LogP contribution < -0.4 is 0 Å². The monoisotopic (exact) mass is 407 g/mol. The zero-order valence-electron chi connectivity index (χ0n) is 16.7. The molecule has 1 aliphatic heterocycles. The summed E-state index contributed by atoms with van der Waals surface area (Å²) in [5.41, 5.74) is 7.73. The van der Waals surface area contributed by atoms with Crippen LogP contribution in [-0.2, 0) is 6.54 Å². The van der Waals surface area contributed by atoms with Crippen molar-refractivity contribution >= 4 is 32.3 Å². The summed E-state index contributed by atoms with van der Waals surface area (Å²) in [6.07, 6.45) is 3.49. The first-order valence-electron chi connectivity index (χ1n) is 10.2. The van der Waals surface area contributed by atoms with E-state index in [9.17, 15) is 0 Å². The lowest BCUT2D eigenvalue weighted by atomic mass is 9.83. The molecule has 0 fully saturated rings. The maximum atomic E-state index is 4.34. The van der Waals surface area contributed by atoms with E-state index in [2.05, 4.69) is 88.0 Å². The van der Waals surface area contributed by atoms with Crippen molar-refractivity contribution in [2.45, 2.75) is 12.5 Å². The van der Waals surface area contributed by atoms with E-state index >= 15 is 0 Å². The molecule has 3 nitrogen and oxygen atoms in total. The molecule has 30 heavy (non-hydrogen) atoms. The Morgan fingerprint density at radius 3 is 2.80 bits per heavy atom. The summed E-state index contributed by atoms with van der Waals surface area (Å²) in [5.74, 6) is 0.407. The molecule has 146 valence electrons. The lowest BCUT2D eigenvalue weighted by Gasteiger charge is -2.33. The van der Waals surface area contributed by atoms with E-state index in [1.165, 1.54) is 37.9 Å². The topological polar surface area (TPSA) is 29.0 Å². The minimum Gasteiger partial charge on any atom is -0.301 e. The first-order valence-corrected chi connectivity index (χ1v) is 11.1. The highest BCUT2D eigenvalue weighted by atomic mass is 32.1. The van der Waals surface area contributed by atoms with Gasteiger partial charge in [0.05, 0.1) is 5.52 Å². The lowest BCUT2D eigenvalue weighted by Crippen LogP contribution is -2.31. The Labute approximate surface area is 179 Å². The maximum Gasteiger partial charge on any atom is 0.116 e. The van der Waals surface area contributed by atoms with Crippen LogP contribution in [0.2, 0.25) is 0 Å². The zero-order valence-corrected chi connectivity index (χ0v) is 17.6. The van der Waals surface area contributed by atoms with Crippen LogP contribution in [0.1, 0.15) is 22.6 Å². The third-order valence-corrected chi connectivity index (χ3v) is 7.05. The van der Waals surface area contributed by atoms with Crippen LogP contribution in [0.25, 0.3) is 32.1 Å². The van der Waals surface area contributed by atoms with Gasteiger partial charge in [-0.2, -0.15) is 0 Å². The molecule has 1 aliphatic rings. The molecule has 0 saturated carbocycles. The van der Waals surface area contributed by atoms with Gasteiger partial charge in [-0.15, -0.1) is 11.3 Å². The van der Waals surface area contributed by atoms with Gasteiger partial charge < -0.3 is 4.90 Å². The van der Waals surface area contributed by atoms with Gasteiger partial charge in [0.15, 0.2) is 0 Å². The van der Waals surface area contributed by atoms with Crippen molar-refractivity contribution in [1.29, 1.82) is 0 Å². The van der Waals surface area contributed by atoms with Crippen molar-refractivity contribution in [3.63, 3.8) is 0 Å². The van der Waals surface area contributed by atoms with E-state index in [-0.39, 0.29) is 0 Å². The first-order chi connectivity index (χ1) is 14.7. The Morgan fingerprint density at radius 1 is 0.933 bits per heavy atom. The van der Waals surface area contributed by atoms with Crippen LogP contribution in [0.3, 0.4) is 0 Å². The van der Waals surface area contributed by atoms with E-state index in [4.69, 9.17) is 0 Å². The number of nitrogens with zero attached hydrogens (tertiary/aromatic N) is 3. The zero-order chi connectivity index (χ0) is 20.1. The van der Waals surface area contributed by atoms with Crippen molar-refractivity contribution < 1.29 is 0 Å². The molecule has 0 saturated heterocycles. The van der Waals surface area contributed by atoms with Crippen LogP contribution in [0.4, 0.5) is 0 Å². The van der Waals surface area contributed by atoms with E-state index < -0.39 is 0 Å². The van der Waals surface area contributed by atoms with Gasteiger partial charge in [0.2, 0.25) is 0 Å². The maximum absolute atomic E-state index is 4.34. The highest BCUT2D eigenvalue weighted by Gasteiger charge is 2.25. The van der Waals surface area contributed by atoms with Gasteiger partial charge in [0, 0.05) is 35.3 Å². The number of fused-ring (bicyclic) bond motifs is 3. The molecule has 3 aromatic carbocycles. The van der Waals surface area contributed by atoms with Gasteiger partial charge in [0.1, 0.15) is 6.33 Å². The highest BCUT2D eigenvalue weighted by Crippen LogP contribution is 2.37. The molecule has 0 amide bonds. The van der Waals surface area contributed by atoms with Crippen LogP contribution >= 0.6 is 11.3 Å². The molecule has 4 heteroatoms. The fourth-order valence-electron chi connectivity index (χ4n) is 4.66. The minimum atomic E-state index is 0.407. The predicted octanol–water partition coefficient (Wildman–Crippen LogP) is 6.09. The predicted molar refractivity (Wildman–Crippen MR) is 125 cm³/mol. The first kappa shape index (κ1) is 17.8. The Bertz CT molecular complexity index is 1390. The Hall–Kier alpha value is -3.08. The number of rotatable bonds is 2. The number of hydrogen-bond acceptors (Lipinski definition) is 4. The average molecular weight is 408 g/mol. The smallest absolute Gasteiger partial charge is 0.116 e. The van der Waals surface area contributed by atoms with Gasteiger partial charge in [-0.1, -0.05) is 30.3 Å². The molecule has 5 aromatic rings. The fraction of sp³-hybridized carbons (Fsp3) is 0.154. The van der Waals surface area contributed by atoms with Crippen molar-refractivity contribution in [2.24, 2.45) is 0 Å². The second-order valence-electron chi connectivity index (χ2n) is 8.18. The van der Waals surface area contributed by atoms with E-state index in [0.29, 0.717) is 5.92 Å². The number of hydrogen-bond donors (Lipinski definition) is 0. The van der Waals surface area contributed by atoms with E-state index in [1.807, 2.05) is 17.5 Å². The summed E-state index contributed by atoms with van der Waals surface area (Å²) in [4.78, 5) is 10.9. The van der Waals surface area contributed by atoms with Crippen molar-refractivity contribution in [3.05, 3.63) is 95.3 Å². The second kappa shape index (κ2) is 7.01. The quantitative estimate of drug-likeness (QED) is 0.355. The molecule has 0 N–H and O–H groups in total. The van der Waals surface area contributed by atoms with Crippen molar-refractivity contribution in [1.82, 2.24) is 14.9 Å². The summed E-state index contributed by atoms with van der Waals surface area (Å²) >= 11 is 1.82. The number of benzene rings is 3. The van der Waals surface area contributed by atoms with Crippen molar-refractivity contribution in [3.8, 4) is 11.1 Å². The molecule has 1 unspecified atom stereocenters. The molecule has 3 heterocycles. The third kappa shape index (κ3) is 3.00. The van der Waals surface area contributed by atoms with Crippen LogP contribution in [0.5, 0.6) is 0 Å². The molecule has 1 atom stereocenters. The summed E-state index contributed by atoms with van der Waals surface area (Å²) < 4.78 is 1.37. The number of likely N-dealkylation sites (N-methyl/N-ethyl adjacent to an activating group) is 1. The van der Waals surface area contributed by atoms with Crippen molar-refractivity contribution in [2.75, 3.05) is 13.6 Å². The largest absolute Gasteiger partial charge is 0.301 e. The van der Waals surface area contributed by atoms with Crippen LogP contribution in [-0.4, -0.2) is 28.5 Å². The molecule has 0 aliphatic carbocycles. The van der Waals surface area contributed by atoms with Gasteiger partial charge >= 0.3 is 0 Å². The molecule has 0 spiro atoms. The Balaban J connectivity index is 1.43. The summed E-state index contributed by atoms with van der Waals surface area (Å²) in [5, 5.41) is 4.59. The lowest BCUT2D eigenvalue weighted by molar-refractivity contribution is 0.295. The molecule has 2 aromatic heterocycles. The Kier molecular flexibility index (Phi) is 4.15. The minimum absolute atomic E-state index is 0.407. The van der Waals surface area contributed by atoms with Gasteiger partial charge in [0.25, 0.3) is 0 Å². The van der Waals surface area contributed by atoms with Gasteiger partial charge in [-0.25, -0.2) is 9.97 Å². The standard InChI is InChI=1S/C26H21N3S/c1-29-14-22-11-18(19-5-7-25-21(10-19)13-27-16-28-25)4-6-23(22)24(15-29)20-3-2-17-8-9-30-26(17)12-20/h2-13,16,24H,14-15H2,1H3. The summed E-state index contributed by atoms with van der Waals surface area (Å²) in [6.45, 7) is 2.04. The number of aromatic nitrogens is 2. The molecule has 0 radical (unpaired) electrons. The number of thiophene rings is 1. The molecule has 6 rings (SSSR count). The molecule has 0 bridgehead atoms. The third-order valence-electron chi connectivity index (χ3n) is 6.17. The second-order valence-corrected chi connectivity index (χ2v) is 9.12. The van der Waals surface area contributed by atoms with Gasteiger partial charge in [-0.3, -0.25) is 0 Å². The fourth-order valence-corrected chi connectivity index (χ4v) is 5.50. The normalized spacial score (nSPS) is 16.8. The van der Waals surface area contributed by atoms with E-state index in [1.54, 1.807) is 6.33 Å². The Morgan fingerprint density at radius 2 is 1.83 bits per heavy atom. The average Bonchev–Trinajstić information content (AvgIpc) is 3.25. The highest BCUT2D eigenvalue weighted by molar-refractivity contribution is 7.17. The van der Waals surface area contributed by atoms with E-state index in [0.717, 1.165) is 24.0 Å². The molecular weight excluding hydrogens is 386 g/mol. The van der Waals surface area contributed by atoms with Crippen LogP contribution in [0, 0.1) is 0 Å². The van der Waals surface area contributed by atoms with Gasteiger partial charge in [-0.05, 0) is 76.0 Å². The summed E-state index contributed by atoms with van der Waals surface area (Å²) in [6, 6.07) is 22.6. The molecular formula is C26H21N3S.